The number of amides is 1. The molecule has 0 aliphatic carbocycles. The first-order valence-corrected chi connectivity index (χ1v) is 12.0. The molecule has 0 saturated heterocycles. The lowest BCUT2D eigenvalue weighted by Gasteiger charge is -2.23. The van der Waals surface area contributed by atoms with Crippen LogP contribution in [0.15, 0.2) is 86.5 Å². The number of ether oxygens (including phenoxy) is 1. The lowest BCUT2D eigenvalue weighted by molar-refractivity contribution is 0.0969. The molecule has 6 rings (SSSR count). The van der Waals surface area contributed by atoms with Crippen LogP contribution in [0.1, 0.15) is 50.2 Å². The lowest BCUT2D eigenvalue weighted by atomic mass is 9.97. The monoisotopic (exact) mass is 492 g/mol. The van der Waals surface area contributed by atoms with Crippen molar-refractivity contribution in [1.82, 2.24) is 5.16 Å². The number of anilines is 1. The summed E-state index contributed by atoms with van der Waals surface area (Å²) in [5, 5.41) is 4.53. The Balaban J connectivity index is 1.50. The van der Waals surface area contributed by atoms with Gasteiger partial charge in [-0.25, -0.2) is 0 Å². The minimum atomic E-state index is -0.755. The van der Waals surface area contributed by atoms with Gasteiger partial charge in [-0.3, -0.25) is 14.5 Å². The summed E-state index contributed by atoms with van der Waals surface area (Å²) in [4.78, 5) is 29.1. The molecule has 1 unspecified atom stereocenters. The highest BCUT2D eigenvalue weighted by Gasteiger charge is 2.45. The maximum atomic E-state index is 13.9. The van der Waals surface area contributed by atoms with Gasteiger partial charge in [0.05, 0.1) is 17.0 Å². The highest BCUT2D eigenvalue weighted by molar-refractivity contribution is 6.10. The van der Waals surface area contributed by atoms with Crippen LogP contribution in [0.3, 0.4) is 0 Å². The molecule has 1 atom stereocenters. The van der Waals surface area contributed by atoms with Crippen LogP contribution in [0, 0.1) is 20.8 Å². The number of hydrogen-bond acceptors (Lipinski definition) is 6. The molecule has 184 valence electrons. The van der Waals surface area contributed by atoms with Gasteiger partial charge in [-0.1, -0.05) is 47.6 Å². The van der Waals surface area contributed by atoms with Gasteiger partial charge in [0, 0.05) is 6.07 Å². The minimum absolute atomic E-state index is 0.0158. The summed E-state index contributed by atoms with van der Waals surface area (Å²) in [5.41, 5.74) is 4.11. The van der Waals surface area contributed by atoms with Gasteiger partial charge in [0.1, 0.15) is 23.7 Å². The van der Waals surface area contributed by atoms with Crippen molar-refractivity contribution in [2.45, 2.75) is 33.4 Å². The molecule has 0 spiro atoms. The van der Waals surface area contributed by atoms with Crippen molar-refractivity contribution in [2.24, 2.45) is 0 Å². The van der Waals surface area contributed by atoms with Crippen molar-refractivity contribution in [2.75, 3.05) is 4.90 Å². The third-order valence-corrected chi connectivity index (χ3v) is 6.77. The third kappa shape index (κ3) is 3.89. The fraction of sp³-hybridized carbons (Fsp3) is 0.167. The maximum absolute atomic E-state index is 13.9. The molecule has 0 N–H and O–H groups in total. The molecule has 3 aromatic carbocycles. The number of rotatable bonds is 5. The van der Waals surface area contributed by atoms with Crippen molar-refractivity contribution in [1.29, 1.82) is 0 Å². The Hall–Kier alpha value is -4.65. The molecule has 0 radical (unpaired) electrons. The highest BCUT2D eigenvalue weighted by Crippen LogP contribution is 2.41. The van der Waals surface area contributed by atoms with Gasteiger partial charge >= 0.3 is 0 Å². The fourth-order valence-corrected chi connectivity index (χ4v) is 4.76. The fourth-order valence-electron chi connectivity index (χ4n) is 4.76. The van der Waals surface area contributed by atoms with Crippen LogP contribution in [0.5, 0.6) is 5.75 Å². The summed E-state index contributed by atoms with van der Waals surface area (Å²) in [6, 6.07) is 21.8. The van der Waals surface area contributed by atoms with Crippen LogP contribution >= 0.6 is 0 Å². The van der Waals surface area contributed by atoms with Gasteiger partial charge in [0.2, 0.25) is 5.76 Å². The molecule has 0 bridgehead atoms. The normalized spacial score (nSPS) is 14.8. The second-order valence-corrected chi connectivity index (χ2v) is 9.33. The van der Waals surface area contributed by atoms with E-state index in [0.29, 0.717) is 40.5 Å². The molecule has 1 aliphatic rings. The average molecular weight is 493 g/mol. The molecule has 37 heavy (non-hydrogen) atoms. The predicted octanol–water partition coefficient (Wildman–Crippen LogP) is 6.04. The number of aromatic nitrogens is 1. The Labute approximate surface area is 212 Å². The standard InChI is InChI=1S/C30H24N2O5/c1-17-12-23-24(13-18(17)2)36-29-26(28(23)33)27(32(30(29)34)25-14-19(3)37-31-25)21-10-7-11-22(15-21)35-16-20-8-5-4-6-9-20/h4-15,27H,16H2,1-3H3. The maximum Gasteiger partial charge on any atom is 0.296 e. The smallest absolute Gasteiger partial charge is 0.296 e. The van der Waals surface area contributed by atoms with Crippen molar-refractivity contribution in [3.63, 3.8) is 0 Å². The van der Waals surface area contributed by atoms with Crippen molar-refractivity contribution in [3.8, 4) is 5.75 Å². The first-order chi connectivity index (χ1) is 17.9. The van der Waals surface area contributed by atoms with E-state index in [2.05, 4.69) is 5.16 Å². The van der Waals surface area contributed by atoms with E-state index in [4.69, 9.17) is 13.7 Å². The summed E-state index contributed by atoms with van der Waals surface area (Å²) in [6.45, 7) is 6.03. The zero-order chi connectivity index (χ0) is 25.7. The summed E-state index contributed by atoms with van der Waals surface area (Å²) in [5.74, 6) is 1.05. The summed E-state index contributed by atoms with van der Waals surface area (Å²) < 4.78 is 17.4. The third-order valence-electron chi connectivity index (χ3n) is 6.77. The largest absolute Gasteiger partial charge is 0.489 e. The van der Waals surface area contributed by atoms with Crippen LogP contribution in [0.4, 0.5) is 5.82 Å². The Morgan fingerprint density at radius 2 is 1.70 bits per heavy atom. The van der Waals surface area contributed by atoms with Gasteiger partial charge in [-0.05, 0) is 67.3 Å². The molecule has 7 heteroatoms. The van der Waals surface area contributed by atoms with Gasteiger partial charge in [-0.2, -0.15) is 0 Å². The first-order valence-electron chi connectivity index (χ1n) is 12.0. The molecule has 3 heterocycles. The minimum Gasteiger partial charge on any atom is -0.489 e. The van der Waals surface area contributed by atoms with E-state index in [1.807, 2.05) is 74.5 Å². The van der Waals surface area contributed by atoms with Gasteiger partial charge in [-0.15, -0.1) is 0 Å². The lowest BCUT2D eigenvalue weighted by Crippen LogP contribution is -2.29. The van der Waals surface area contributed by atoms with Crippen LogP contribution in [0.25, 0.3) is 11.0 Å². The number of benzene rings is 3. The SMILES string of the molecule is Cc1cc(N2C(=O)c3oc4cc(C)c(C)cc4c(=O)c3C2c2cccc(OCc3ccccc3)c2)no1. The van der Waals surface area contributed by atoms with Crippen molar-refractivity contribution in [3.05, 3.63) is 122 Å². The number of fused-ring (bicyclic) bond motifs is 2. The second-order valence-electron chi connectivity index (χ2n) is 9.33. The second kappa shape index (κ2) is 8.78. The summed E-state index contributed by atoms with van der Waals surface area (Å²) in [6.07, 6.45) is 0. The Morgan fingerprint density at radius 1 is 0.919 bits per heavy atom. The number of carbonyl (C=O) groups is 1. The quantitative estimate of drug-likeness (QED) is 0.298. The van der Waals surface area contributed by atoms with Crippen molar-refractivity contribution >= 4 is 22.7 Å². The summed E-state index contributed by atoms with van der Waals surface area (Å²) in [7, 11) is 0. The van der Waals surface area contributed by atoms with E-state index in [1.165, 1.54) is 4.90 Å². The first kappa shape index (κ1) is 22.8. The highest BCUT2D eigenvalue weighted by atomic mass is 16.5. The van der Waals surface area contributed by atoms with Crippen LogP contribution in [-0.4, -0.2) is 11.1 Å². The number of carbonyl (C=O) groups excluding carboxylic acids is 1. The molecule has 1 aliphatic heterocycles. The Morgan fingerprint density at radius 3 is 2.46 bits per heavy atom. The number of hydrogen-bond donors (Lipinski definition) is 0. The predicted molar refractivity (Wildman–Crippen MR) is 139 cm³/mol. The van der Waals surface area contributed by atoms with E-state index in [-0.39, 0.29) is 16.8 Å². The number of nitrogens with zero attached hydrogens (tertiary/aromatic N) is 2. The van der Waals surface area contributed by atoms with Gasteiger partial charge in [0.15, 0.2) is 11.2 Å². The molecule has 1 amide bonds. The molecule has 7 nitrogen and oxygen atoms in total. The molecule has 0 saturated carbocycles. The van der Waals surface area contributed by atoms with Crippen LogP contribution in [0.2, 0.25) is 0 Å². The molecule has 0 fully saturated rings. The van der Waals surface area contributed by atoms with E-state index < -0.39 is 11.9 Å². The average Bonchev–Trinajstić information content (AvgIpc) is 3.45. The molecular weight excluding hydrogens is 468 g/mol. The summed E-state index contributed by atoms with van der Waals surface area (Å²) >= 11 is 0. The van der Waals surface area contributed by atoms with Gasteiger partial charge < -0.3 is 13.7 Å². The molecule has 5 aromatic rings. The van der Waals surface area contributed by atoms with E-state index >= 15 is 0 Å². The van der Waals surface area contributed by atoms with E-state index in [9.17, 15) is 9.59 Å². The van der Waals surface area contributed by atoms with Crippen molar-refractivity contribution < 1.29 is 18.5 Å². The van der Waals surface area contributed by atoms with E-state index in [1.54, 1.807) is 19.1 Å². The topological polar surface area (TPSA) is 85.8 Å². The zero-order valence-corrected chi connectivity index (χ0v) is 20.6. The molecule has 2 aromatic heterocycles. The van der Waals surface area contributed by atoms with E-state index in [0.717, 1.165) is 16.7 Å². The van der Waals surface area contributed by atoms with Crippen LogP contribution in [-0.2, 0) is 6.61 Å². The molecular formula is C30H24N2O5. The zero-order valence-electron chi connectivity index (χ0n) is 20.6. The van der Waals surface area contributed by atoms with Crippen LogP contribution < -0.4 is 15.1 Å². The number of aryl methyl sites for hydroxylation is 3. The Kier molecular flexibility index (Phi) is 5.41. The van der Waals surface area contributed by atoms with Gasteiger partial charge in [0.25, 0.3) is 5.91 Å². The Bertz CT molecular complexity index is 1720.